The second-order valence-corrected chi connectivity index (χ2v) is 2.19. The lowest BCUT2D eigenvalue weighted by molar-refractivity contribution is 0.153. The SMILES string of the molecule is CCC(CO)N(C)C(N)=O. The first-order chi connectivity index (χ1) is 4.63. The van der Waals surface area contributed by atoms with E-state index in [9.17, 15) is 4.79 Å². The summed E-state index contributed by atoms with van der Waals surface area (Å²) in [5.74, 6) is 0. The molecule has 0 rings (SSSR count). The number of nitrogens with two attached hydrogens (primary N) is 1. The van der Waals surface area contributed by atoms with E-state index in [-0.39, 0.29) is 12.6 Å². The predicted molar refractivity (Wildman–Crippen MR) is 38.5 cm³/mol. The van der Waals surface area contributed by atoms with Gasteiger partial charge in [-0.05, 0) is 6.42 Å². The minimum atomic E-state index is -0.499. The third-order valence-corrected chi connectivity index (χ3v) is 1.58. The normalized spacial score (nSPS) is 12.7. The maximum Gasteiger partial charge on any atom is 0.314 e. The van der Waals surface area contributed by atoms with Crippen LogP contribution in [0.5, 0.6) is 0 Å². The van der Waals surface area contributed by atoms with Crippen LogP contribution in [0, 0.1) is 0 Å². The third kappa shape index (κ3) is 2.23. The van der Waals surface area contributed by atoms with Crippen molar-refractivity contribution < 1.29 is 9.90 Å². The lowest BCUT2D eigenvalue weighted by Gasteiger charge is -2.22. The van der Waals surface area contributed by atoms with E-state index in [1.165, 1.54) is 4.90 Å². The van der Waals surface area contributed by atoms with Crippen molar-refractivity contribution in [3.8, 4) is 0 Å². The first kappa shape index (κ1) is 9.23. The monoisotopic (exact) mass is 146 g/mol. The summed E-state index contributed by atoms with van der Waals surface area (Å²) in [7, 11) is 1.58. The Bertz CT molecular complexity index is 112. The molecule has 4 nitrogen and oxygen atoms in total. The number of hydrogen-bond acceptors (Lipinski definition) is 2. The van der Waals surface area contributed by atoms with E-state index >= 15 is 0 Å². The molecule has 3 N–H and O–H groups in total. The number of carbonyl (C=O) groups is 1. The first-order valence-electron chi connectivity index (χ1n) is 3.26. The van der Waals surface area contributed by atoms with Gasteiger partial charge in [-0.2, -0.15) is 0 Å². The molecular weight excluding hydrogens is 132 g/mol. The molecule has 0 bridgehead atoms. The van der Waals surface area contributed by atoms with E-state index in [4.69, 9.17) is 10.8 Å². The molecular formula is C6H14N2O2. The molecule has 0 heterocycles. The molecule has 60 valence electrons. The van der Waals surface area contributed by atoms with Crippen molar-refractivity contribution in [1.29, 1.82) is 0 Å². The smallest absolute Gasteiger partial charge is 0.314 e. The Balaban J connectivity index is 3.88. The minimum Gasteiger partial charge on any atom is -0.394 e. The summed E-state index contributed by atoms with van der Waals surface area (Å²) >= 11 is 0. The van der Waals surface area contributed by atoms with Crippen LogP contribution in [0.1, 0.15) is 13.3 Å². The first-order valence-corrected chi connectivity index (χ1v) is 3.26. The van der Waals surface area contributed by atoms with Gasteiger partial charge in [-0.3, -0.25) is 0 Å². The van der Waals surface area contributed by atoms with Gasteiger partial charge in [0, 0.05) is 7.05 Å². The van der Waals surface area contributed by atoms with Crippen LogP contribution in [0.3, 0.4) is 0 Å². The molecule has 1 unspecified atom stereocenters. The maximum atomic E-state index is 10.5. The zero-order valence-corrected chi connectivity index (χ0v) is 6.37. The molecule has 0 aliphatic rings. The lowest BCUT2D eigenvalue weighted by Crippen LogP contribution is -2.42. The van der Waals surface area contributed by atoms with Gasteiger partial charge < -0.3 is 15.7 Å². The number of hydrogen-bond donors (Lipinski definition) is 2. The van der Waals surface area contributed by atoms with Gasteiger partial charge in [0.25, 0.3) is 0 Å². The topological polar surface area (TPSA) is 66.6 Å². The predicted octanol–water partition coefficient (Wildman–Crippen LogP) is -0.232. The second kappa shape index (κ2) is 4.11. The van der Waals surface area contributed by atoms with Crippen LogP contribution in [-0.4, -0.2) is 35.7 Å². The van der Waals surface area contributed by atoms with Gasteiger partial charge in [-0.25, -0.2) is 4.79 Å². The minimum absolute atomic E-state index is 0.0318. The summed E-state index contributed by atoms with van der Waals surface area (Å²) in [6.45, 7) is 1.86. The lowest BCUT2D eigenvalue weighted by atomic mass is 10.2. The van der Waals surface area contributed by atoms with E-state index in [0.717, 1.165) is 6.42 Å². The fraction of sp³-hybridized carbons (Fsp3) is 0.833. The van der Waals surface area contributed by atoms with Crippen LogP contribution in [-0.2, 0) is 0 Å². The van der Waals surface area contributed by atoms with Crippen LogP contribution in [0.15, 0.2) is 0 Å². The largest absolute Gasteiger partial charge is 0.394 e. The fourth-order valence-corrected chi connectivity index (χ4v) is 0.705. The van der Waals surface area contributed by atoms with Crippen molar-refractivity contribution in [3.63, 3.8) is 0 Å². The van der Waals surface area contributed by atoms with E-state index < -0.39 is 6.03 Å². The van der Waals surface area contributed by atoms with Crippen molar-refractivity contribution in [3.05, 3.63) is 0 Å². The molecule has 0 aromatic carbocycles. The zero-order chi connectivity index (χ0) is 8.15. The number of nitrogens with zero attached hydrogens (tertiary/aromatic N) is 1. The molecule has 0 fully saturated rings. The van der Waals surface area contributed by atoms with E-state index in [1.807, 2.05) is 6.92 Å². The Morgan fingerprint density at radius 2 is 2.30 bits per heavy atom. The highest BCUT2D eigenvalue weighted by Crippen LogP contribution is 1.98. The van der Waals surface area contributed by atoms with Crippen molar-refractivity contribution in [2.45, 2.75) is 19.4 Å². The van der Waals surface area contributed by atoms with E-state index in [2.05, 4.69) is 0 Å². The third-order valence-electron chi connectivity index (χ3n) is 1.58. The summed E-state index contributed by atoms with van der Waals surface area (Å²) in [5, 5.41) is 8.70. The molecule has 0 aromatic rings. The van der Waals surface area contributed by atoms with Gasteiger partial charge in [0.1, 0.15) is 0 Å². The van der Waals surface area contributed by atoms with Crippen LogP contribution in [0.4, 0.5) is 4.79 Å². The fourth-order valence-electron chi connectivity index (χ4n) is 0.705. The Hall–Kier alpha value is -0.770. The second-order valence-electron chi connectivity index (χ2n) is 2.19. The quantitative estimate of drug-likeness (QED) is 0.577. The molecule has 2 amide bonds. The van der Waals surface area contributed by atoms with Crippen molar-refractivity contribution in [2.24, 2.45) is 5.73 Å². The number of carbonyl (C=O) groups excluding carboxylic acids is 1. The highest BCUT2D eigenvalue weighted by atomic mass is 16.3. The molecule has 1 atom stereocenters. The van der Waals surface area contributed by atoms with E-state index in [0.29, 0.717) is 0 Å². The highest BCUT2D eigenvalue weighted by Gasteiger charge is 2.13. The van der Waals surface area contributed by atoms with Crippen LogP contribution >= 0.6 is 0 Å². The van der Waals surface area contributed by atoms with Crippen molar-refractivity contribution in [1.82, 2.24) is 4.90 Å². The summed E-state index contributed by atoms with van der Waals surface area (Å²) in [6, 6.07) is -0.640. The van der Waals surface area contributed by atoms with Crippen molar-refractivity contribution >= 4 is 6.03 Å². The molecule has 0 aromatic heterocycles. The molecule has 0 spiro atoms. The molecule has 4 heteroatoms. The molecule has 0 saturated carbocycles. The summed E-state index contributed by atoms with van der Waals surface area (Å²) < 4.78 is 0. The van der Waals surface area contributed by atoms with Crippen LogP contribution in [0.25, 0.3) is 0 Å². The summed E-state index contributed by atoms with van der Waals surface area (Å²) in [6.07, 6.45) is 0.718. The van der Waals surface area contributed by atoms with Gasteiger partial charge in [0.15, 0.2) is 0 Å². The zero-order valence-electron chi connectivity index (χ0n) is 6.37. The number of likely N-dealkylation sites (N-methyl/N-ethyl adjacent to an activating group) is 1. The standard InChI is InChI=1S/C6H14N2O2/c1-3-5(4-9)8(2)6(7)10/h5,9H,3-4H2,1-2H3,(H2,7,10). The molecule has 10 heavy (non-hydrogen) atoms. The van der Waals surface area contributed by atoms with Gasteiger partial charge >= 0.3 is 6.03 Å². The number of urea groups is 1. The summed E-state index contributed by atoms with van der Waals surface area (Å²) in [4.78, 5) is 11.8. The number of aliphatic hydroxyl groups is 1. The van der Waals surface area contributed by atoms with Crippen LogP contribution < -0.4 is 5.73 Å². The van der Waals surface area contributed by atoms with Gasteiger partial charge in [-0.1, -0.05) is 6.92 Å². The average molecular weight is 146 g/mol. The van der Waals surface area contributed by atoms with Gasteiger partial charge in [-0.15, -0.1) is 0 Å². The number of amides is 2. The molecule has 0 aliphatic carbocycles. The summed E-state index contributed by atoms with van der Waals surface area (Å²) in [5.41, 5.74) is 4.96. The Morgan fingerprint density at radius 1 is 1.80 bits per heavy atom. The van der Waals surface area contributed by atoms with Gasteiger partial charge in [0.05, 0.1) is 12.6 Å². The number of aliphatic hydroxyl groups excluding tert-OH is 1. The van der Waals surface area contributed by atoms with Crippen LogP contribution in [0.2, 0.25) is 0 Å². The number of rotatable bonds is 3. The Labute approximate surface area is 60.6 Å². The molecule has 0 radical (unpaired) electrons. The molecule has 0 aliphatic heterocycles. The van der Waals surface area contributed by atoms with E-state index in [1.54, 1.807) is 7.05 Å². The maximum absolute atomic E-state index is 10.5. The highest BCUT2D eigenvalue weighted by molar-refractivity contribution is 5.71. The number of primary amides is 1. The molecule has 0 saturated heterocycles. The Kier molecular flexibility index (Phi) is 3.79. The Morgan fingerprint density at radius 3 is 2.40 bits per heavy atom. The average Bonchev–Trinajstić information content (AvgIpc) is 1.90. The van der Waals surface area contributed by atoms with Gasteiger partial charge in [0.2, 0.25) is 0 Å². The van der Waals surface area contributed by atoms with Crippen molar-refractivity contribution in [2.75, 3.05) is 13.7 Å².